The number of hydrogen-bond acceptors (Lipinski definition) is 10. The Balaban J connectivity index is 1.94. The van der Waals surface area contributed by atoms with E-state index in [9.17, 15) is 56.7 Å². The number of hydrogen-bond donors (Lipinski definition) is 0. The number of ether oxygens (including phenoxy) is 2. The van der Waals surface area contributed by atoms with Gasteiger partial charge in [-0.05, 0) is 48.5 Å². The number of benzene rings is 2. The third-order valence-electron chi connectivity index (χ3n) is 4.32. The SMILES string of the molecule is O=S([O-])ON=C(c1ccc(OCCCOc2ccc(C(=NOS(=O)(=O)C(F)(F)F)C(F)(F)F)cc2)cc1)C(F)(F)F. The maximum atomic E-state index is 13.2. The van der Waals surface area contributed by atoms with Crippen molar-refractivity contribution in [2.24, 2.45) is 10.3 Å². The lowest BCUT2D eigenvalue weighted by Gasteiger charge is -2.13. The summed E-state index contributed by atoms with van der Waals surface area (Å²) >= 11 is -3.32. The molecule has 0 saturated heterocycles. The predicted molar refractivity (Wildman–Crippen MR) is 120 cm³/mol. The highest BCUT2D eigenvalue weighted by Gasteiger charge is 2.50. The molecular weight excluding hydrogens is 631 g/mol. The van der Waals surface area contributed by atoms with E-state index in [0.717, 1.165) is 48.5 Å². The molecule has 228 valence electrons. The number of halogens is 9. The van der Waals surface area contributed by atoms with Crippen molar-refractivity contribution in [2.45, 2.75) is 24.3 Å². The van der Waals surface area contributed by atoms with Crippen LogP contribution >= 0.6 is 0 Å². The minimum absolute atomic E-state index is 0.00338. The molecule has 2 aromatic carbocycles. The van der Waals surface area contributed by atoms with Gasteiger partial charge in [0, 0.05) is 17.5 Å². The molecule has 21 heteroatoms. The zero-order valence-corrected chi connectivity index (χ0v) is 21.3. The van der Waals surface area contributed by atoms with Crippen molar-refractivity contribution in [2.75, 3.05) is 13.2 Å². The van der Waals surface area contributed by atoms with E-state index in [4.69, 9.17) is 9.47 Å². The van der Waals surface area contributed by atoms with Crippen LogP contribution < -0.4 is 9.47 Å². The Kier molecular flexibility index (Phi) is 11.0. The van der Waals surface area contributed by atoms with Crippen molar-refractivity contribution in [3.05, 3.63) is 59.7 Å². The van der Waals surface area contributed by atoms with Crippen LogP contribution in [0.5, 0.6) is 11.5 Å². The molecule has 0 bridgehead atoms. The molecule has 0 aliphatic carbocycles. The van der Waals surface area contributed by atoms with E-state index in [1.165, 1.54) is 0 Å². The summed E-state index contributed by atoms with van der Waals surface area (Å²) in [5.41, 5.74) is -11.0. The van der Waals surface area contributed by atoms with Gasteiger partial charge in [0.25, 0.3) is 0 Å². The Bertz CT molecular complexity index is 1360. The smallest absolute Gasteiger partial charge is 0.536 e. The maximum absolute atomic E-state index is 13.2. The molecule has 0 amide bonds. The summed E-state index contributed by atoms with van der Waals surface area (Å²) < 4.78 is 175. The lowest BCUT2D eigenvalue weighted by Crippen LogP contribution is -2.28. The first-order chi connectivity index (χ1) is 18.8. The third-order valence-corrected chi connectivity index (χ3v) is 5.35. The monoisotopic (exact) mass is 645 g/mol. The van der Waals surface area contributed by atoms with Crippen LogP contribution in [0.15, 0.2) is 58.8 Å². The van der Waals surface area contributed by atoms with Gasteiger partial charge in [0.05, 0.1) is 13.2 Å². The normalized spacial score (nSPS) is 14.4. The zero-order valence-electron chi connectivity index (χ0n) is 19.6. The van der Waals surface area contributed by atoms with Crippen molar-refractivity contribution >= 4 is 32.9 Å². The summed E-state index contributed by atoms with van der Waals surface area (Å²) in [6.45, 7) is -0.106. The fourth-order valence-electron chi connectivity index (χ4n) is 2.59. The molecule has 0 aliphatic rings. The zero-order chi connectivity index (χ0) is 31.1. The molecule has 0 saturated carbocycles. The van der Waals surface area contributed by atoms with Crippen LogP contribution in [0.25, 0.3) is 0 Å². The van der Waals surface area contributed by atoms with Gasteiger partial charge >= 0.3 is 28.0 Å². The first kappa shape index (κ1) is 33.6. The van der Waals surface area contributed by atoms with E-state index in [-0.39, 0.29) is 31.1 Å². The molecule has 0 N–H and O–H groups in total. The minimum atomic E-state index is -6.42. The molecule has 2 aromatic rings. The highest BCUT2D eigenvalue weighted by molar-refractivity contribution is 7.87. The molecule has 0 heterocycles. The fraction of sp³-hybridized carbons (Fsp3) is 0.300. The number of nitrogens with zero attached hydrogens (tertiary/aromatic N) is 2. The molecule has 1 atom stereocenters. The van der Waals surface area contributed by atoms with Crippen LogP contribution in [0.2, 0.25) is 0 Å². The predicted octanol–water partition coefficient (Wildman–Crippen LogP) is 4.74. The largest absolute Gasteiger partial charge is 0.738 e. The number of oxime groups is 2. The summed E-state index contributed by atoms with van der Waals surface area (Å²) in [5, 5.41) is 4.68. The van der Waals surface area contributed by atoms with E-state index < -0.39 is 61.9 Å². The Morgan fingerprint density at radius 3 is 1.46 bits per heavy atom. The third kappa shape index (κ3) is 10.4. The lowest BCUT2D eigenvalue weighted by molar-refractivity contribution is -0.0634. The molecule has 0 aromatic heterocycles. The van der Waals surface area contributed by atoms with Crippen LogP contribution in [0, 0.1) is 0 Å². The molecule has 0 spiro atoms. The summed E-state index contributed by atoms with van der Waals surface area (Å²) in [6.07, 6.45) is -10.2. The van der Waals surface area contributed by atoms with Gasteiger partial charge in [-0.25, -0.2) is 4.21 Å². The van der Waals surface area contributed by atoms with Crippen LogP contribution in [0.3, 0.4) is 0 Å². The number of alkyl halides is 9. The highest BCUT2D eigenvalue weighted by atomic mass is 32.2. The van der Waals surface area contributed by atoms with Gasteiger partial charge in [-0.3, -0.25) is 4.28 Å². The highest BCUT2D eigenvalue weighted by Crippen LogP contribution is 2.28. The Labute approximate surface area is 226 Å². The van der Waals surface area contributed by atoms with Gasteiger partial charge in [0.15, 0.2) is 22.8 Å². The van der Waals surface area contributed by atoms with Crippen molar-refractivity contribution in [3.8, 4) is 11.5 Å². The topological polar surface area (TPSA) is 136 Å². The summed E-state index contributed by atoms with van der Waals surface area (Å²) in [6, 6.07) is 7.60. The molecule has 0 fully saturated rings. The van der Waals surface area contributed by atoms with E-state index in [0.29, 0.717) is 0 Å². The summed E-state index contributed by atoms with van der Waals surface area (Å²) in [7, 11) is -6.42. The van der Waals surface area contributed by atoms with Gasteiger partial charge in [0.1, 0.15) is 11.5 Å². The van der Waals surface area contributed by atoms with E-state index >= 15 is 0 Å². The molecule has 41 heavy (non-hydrogen) atoms. The molecule has 0 radical (unpaired) electrons. The second-order valence-corrected chi connectivity index (χ2v) is 9.31. The summed E-state index contributed by atoms with van der Waals surface area (Å²) in [5.74, 6) is 0.116. The minimum Gasteiger partial charge on any atom is -0.738 e. The Hall–Kier alpha value is -3.59. The second kappa shape index (κ2) is 13.4. The second-order valence-electron chi connectivity index (χ2n) is 7.23. The van der Waals surface area contributed by atoms with Crippen molar-refractivity contribution in [1.82, 2.24) is 0 Å². The van der Waals surface area contributed by atoms with Crippen molar-refractivity contribution in [3.63, 3.8) is 0 Å². The standard InChI is InChI=1S/C20H15F9N2O8S2/c21-18(22,23)16(30-38-40(32)33)12-2-6-14(7-3-12)36-10-1-11-37-15-8-4-13(5-9-15)17(19(24,25)26)31-39-41(34,35)20(27,28)29/h2-9H,1,10-11H2,(H,32,33)/p-1. The fourth-order valence-corrected chi connectivity index (χ4v) is 2.98. The van der Waals surface area contributed by atoms with Crippen LogP contribution in [-0.4, -0.2) is 59.7 Å². The van der Waals surface area contributed by atoms with Gasteiger partial charge < -0.3 is 18.3 Å². The first-order valence-corrected chi connectivity index (χ1v) is 12.8. The van der Waals surface area contributed by atoms with Crippen molar-refractivity contribution in [1.29, 1.82) is 0 Å². The number of rotatable bonds is 12. The summed E-state index contributed by atoms with van der Waals surface area (Å²) in [4.78, 5) is 0. The Morgan fingerprint density at radius 1 is 0.732 bits per heavy atom. The molecule has 10 nitrogen and oxygen atoms in total. The molecular formula is C20H14F9N2O8S2-. The van der Waals surface area contributed by atoms with Crippen LogP contribution in [-0.2, 0) is 30.0 Å². The van der Waals surface area contributed by atoms with Crippen molar-refractivity contribution < 1.29 is 74.7 Å². The molecule has 0 aliphatic heterocycles. The molecule has 1 unspecified atom stereocenters. The lowest BCUT2D eigenvalue weighted by atomic mass is 10.1. The average molecular weight is 645 g/mol. The van der Waals surface area contributed by atoms with E-state index in [2.05, 4.69) is 18.9 Å². The van der Waals surface area contributed by atoms with Crippen LogP contribution in [0.1, 0.15) is 17.5 Å². The van der Waals surface area contributed by atoms with E-state index in [1.807, 2.05) is 0 Å². The van der Waals surface area contributed by atoms with Gasteiger partial charge in [-0.2, -0.15) is 47.9 Å². The maximum Gasteiger partial charge on any atom is 0.536 e. The molecule has 2 rings (SSSR count). The van der Waals surface area contributed by atoms with Crippen LogP contribution in [0.4, 0.5) is 39.5 Å². The quantitative estimate of drug-likeness (QED) is 0.0807. The van der Waals surface area contributed by atoms with E-state index in [1.54, 1.807) is 0 Å². The van der Waals surface area contributed by atoms with Gasteiger partial charge in [-0.15, -0.1) is 0 Å². The Morgan fingerprint density at radius 2 is 1.12 bits per heavy atom. The van der Waals surface area contributed by atoms with Gasteiger partial charge in [-0.1, -0.05) is 10.3 Å². The average Bonchev–Trinajstić information content (AvgIpc) is 2.83. The van der Waals surface area contributed by atoms with Gasteiger partial charge in [0.2, 0.25) is 0 Å². The first-order valence-electron chi connectivity index (χ1n) is 10.3.